The van der Waals surface area contributed by atoms with Gasteiger partial charge < -0.3 is 10.2 Å². The summed E-state index contributed by atoms with van der Waals surface area (Å²) in [4.78, 5) is 18.9. The molecule has 4 heteroatoms. The highest BCUT2D eigenvalue weighted by Gasteiger charge is 2.28. The van der Waals surface area contributed by atoms with Crippen LogP contribution in [0, 0.1) is 17.8 Å². The number of unbranched alkanes of at least 4 members (excludes halogenated alkanes) is 2. The smallest absolute Gasteiger partial charge is 0.314 e. The van der Waals surface area contributed by atoms with Crippen LogP contribution in [0.5, 0.6) is 0 Å². The van der Waals surface area contributed by atoms with Crippen LogP contribution < -0.4 is 0 Å². The van der Waals surface area contributed by atoms with E-state index in [9.17, 15) is 9.59 Å². The SMILES string of the molecule is CCCCCC1CCC(C2CCCCC2)CC1.O=C(O)CC(=O)O. The van der Waals surface area contributed by atoms with E-state index in [0.717, 1.165) is 17.8 Å². The number of carboxylic acids is 2. The molecule has 2 saturated carbocycles. The Balaban J connectivity index is 0.000000351. The van der Waals surface area contributed by atoms with Crippen molar-refractivity contribution in [1.29, 1.82) is 0 Å². The highest BCUT2D eigenvalue weighted by molar-refractivity contribution is 5.88. The second kappa shape index (κ2) is 12.3. The normalized spacial score (nSPS) is 24.7. The molecule has 0 aliphatic heterocycles. The second-order valence-corrected chi connectivity index (χ2v) is 7.64. The molecule has 24 heavy (non-hydrogen) atoms. The predicted molar refractivity (Wildman–Crippen MR) is 96.1 cm³/mol. The van der Waals surface area contributed by atoms with E-state index in [1.165, 1.54) is 44.9 Å². The minimum Gasteiger partial charge on any atom is -0.481 e. The summed E-state index contributed by atoms with van der Waals surface area (Å²) in [5, 5.41) is 15.4. The second-order valence-electron chi connectivity index (χ2n) is 7.64. The molecule has 0 saturated heterocycles. The van der Waals surface area contributed by atoms with E-state index in [1.807, 2.05) is 0 Å². The molecule has 2 aliphatic carbocycles. The van der Waals surface area contributed by atoms with Gasteiger partial charge in [-0.3, -0.25) is 9.59 Å². The van der Waals surface area contributed by atoms with Crippen LogP contribution in [0.15, 0.2) is 0 Å². The van der Waals surface area contributed by atoms with Crippen molar-refractivity contribution in [2.45, 2.75) is 96.8 Å². The zero-order valence-electron chi connectivity index (χ0n) is 15.3. The van der Waals surface area contributed by atoms with Crippen LogP contribution >= 0.6 is 0 Å². The molecule has 0 atom stereocenters. The summed E-state index contributed by atoms with van der Waals surface area (Å²) < 4.78 is 0. The van der Waals surface area contributed by atoms with Gasteiger partial charge in [0.2, 0.25) is 0 Å². The Hall–Kier alpha value is -1.06. The average Bonchev–Trinajstić information content (AvgIpc) is 2.56. The van der Waals surface area contributed by atoms with Crippen LogP contribution in [0.3, 0.4) is 0 Å². The van der Waals surface area contributed by atoms with Crippen molar-refractivity contribution in [2.24, 2.45) is 17.8 Å². The Kier molecular flexibility index (Phi) is 10.8. The molecule has 4 nitrogen and oxygen atoms in total. The van der Waals surface area contributed by atoms with Crippen LogP contribution in [0.4, 0.5) is 0 Å². The summed E-state index contributed by atoms with van der Waals surface area (Å²) in [5.74, 6) is 0.722. The summed E-state index contributed by atoms with van der Waals surface area (Å²) in [6, 6.07) is 0. The van der Waals surface area contributed by atoms with Crippen molar-refractivity contribution < 1.29 is 19.8 Å². The lowest BCUT2D eigenvalue weighted by Crippen LogP contribution is -2.23. The maximum Gasteiger partial charge on any atom is 0.314 e. The molecule has 0 amide bonds. The standard InChI is InChI=1S/C17H32.C3H4O4/c1-2-3-5-8-15-11-13-17(14-12-15)16-9-6-4-7-10-16;4-2(5)1-3(6)7/h15-17H,2-14H2,1H3;1H2,(H,4,5)(H,6,7). The van der Waals surface area contributed by atoms with E-state index in [-0.39, 0.29) is 0 Å². The first-order chi connectivity index (χ1) is 11.5. The monoisotopic (exact) mass is 340 g/mol. The molecule has 140 valence electrons. The van der Waals surface area contributed by atoms with Gasteiger partial charge in [-0.2, -0.15) is 0 Å². The van der Waals surface area contributed by atoms with Crippen molar-refractivity contribution in [3.63, 3.8) is 0 Å². The van der Waals surface area contributed by atoms with E-state index < -0.39 is 18.4 Å². The van der Waals surface area contributed by atoms with E-state index in [0.29, 0.717) is 0 Å². The fourth-order valence-electron chi connectivity index (χ4n) is 4.37. The molecule has 0 unspecified atom stereocenters. The molecule has 0 aromatic carbocycles. The molecular weight excluding hydrogens is 304 g/mol. The first-order valence-corrected chi connectivity index (χ1v) is 9.96. The van der Waals surface area contributed by atoms with E-state index in [2.05, 4.69) is 6.92 Å². The molecule has 2 aliphatic rings. The molecule has 0 heterocycles. The Morgan fingerprint density at radius 2 is 1.33 bits per heavy atom. The first kappa shape index (κ1) is 21.0. The van der Waals surface area contributed by atoms with Gasteiger partial charge in [0.1, 0.15) is 6.42 Å². The Morgan fingerprint density at radius 3 is 1.79 bits per heavy atom. The van der Waals surface area contributed by atoms with Crippen molar-refractivity contribution in [3.8, 4) is 0 Å². The minimum absolute atomic E-state index is 0.806. The van der Waals surface area contributed by atoms with Crippen LogP contribution in [0.1, 0.15) is 96.8 Å². The lowest BCUT2D eigenvalue weighted by molar-refractivity contribution is -0.147. The zero-order chi connectivity index (χ0) is 17.8. The van der Waals surface area contributed by atoms with Crippen molar-refractivity contribution in [3.05, 3.63) is 0 Å². The third kappa shape index (κ3) is 9.29. The molecule has 0 aromatic heterocycles. The maximum absolute atomic E-state index is 9.43. The molecule has 0 radical (unpaired) electrons. The lowest BCUT2D eigenvalue weighted by atomic mass is 9.70. The first-order valence-electron chi connectivity index (χ1n) is 9.96. The van der Waals surface area contributed by atoms with Crippen LogP contribution in [0.25, 0.3) is 0 Å². The van der Waals surface area contributed by atoms with Crippen LogP contribution in [-0.2, 0) is 9.59 Å². The quantitative estimate of drug-likeness (QED) is 0.474. The van der Waals surface area contributed by atoms with Gasteiger partial charge >= 0.3 is 11.9 Å². The zero-order valence-corrected chi connectivity index (χ0v) is 15.3. The minimum atomic E-state index is -1.31. The van der Waals surface area contributed by atoms with Gasteiger partial charge in [-0.25, -0.2) is 0 Å². The number of aliphatic carboxylic acids is 2. The molecule has 2 fully saturated rings. The third-order valence-corrected chi connectivity index (χ3v) is 5.73. The van der Waals surface area contributed by atoms with Crippen molar-refractivity contribution in [2.75, 3.05) is 0 Å². The summed E-state index contributed by atoms with van der Waals surface area (Å²) in [7, 11) is 0. The van der Waals surface area contributed by atoms with Gasteiger partial charge in [0.05, 0.1) is 0 Å². The van der Waals surface area contributed by atoms with Gasteiger partial charge in [-0.15, -0.1) is 0 Å². The fourth-order valence-corrected chi connectivity index (χ4v) is 4.37. The largest absolute Gasteiger partial charge is 0.481 e. The fraction of sp³-hybridized carbons (Fsp3) is 0.900. The molecule has 0 bridgehead atoms. The number of hydrogen-bond donors (Lipinski definition) is 2. The Labute approximate surface area is 147 Å². The Morgan fingerprint density at radius 1 is 0.792 bits per heavy atom. The molecule has 0 aromatic rings. The summed E-state index contributed by atoms with van der Waals surface area (Å²) in [6.45, 7) is 2.32. The van der Waals surface area contributed by atoms with E-state index in [1.54, 1.807) is 38.5 Å². The number of carboxylic acid groups (broad SMARTS) is 2. The van der Waals surface area contributed by atoms with Crippen molar-refractivity contribution in [1.82, 2.24) is 0 Å². The number of rotatable bonds is 7. The molecular formula is C20H36O4. The Bertz CT molecular complexity index is 341. The van der Waals surface area contributed by atoms with Gasteiger partial charge in [0, 0.05) is 0 Å². The topological polar surface area (TPSA) is 74.6 Å². The van der Waals surface area contributed by atoms with E-state index >= 15 is 0 Å². The van der Waals surface area contributed by atoms with Gasteiger partial charge in [-0.05, 0) is 30.6 Å². The molecule has 2 rings (SSSR count). The molecule has 0 spiro atoms. The number of hydrogen-bond acceptors (Lipinski definition) is 2. The predicted octanol–water partition coefficient (Wildman–Crippen LogP) is 5.50. The summed E-state index contributed by atoms with van der Waals surface area (Å²) in [5.41, 5.74) is 0. The number of carbonyl (C=O) groups is 2. The van der Waals surface area contributed by atoms with Crippen LogP contribution in [-0.4, -0.2) is 22.2 Å². The van der Waals surface area contributed by atoms with E-state index in [4.69, 9.17) is 10.2 Å². The van der Waals surface area contributed by atoms with Gasteiger partial charge in [0.25, 0.3) is 0 Å². The highest BCUT2D eigenvalue weighted by atomic mass is 16.4. The van der Waals surface area contributed by atoms with Gasteiger partial charge in [0.15, 0.2) is 0 Å². The average molecular weight is 341 g/mol. The van der Waals surface area contributed by atoms with Crippen molar-refractivity contribution >= 4 is 11.9 Å². The summed E-state index contributed by atoms with van der Waals surface area (Å²) in [6.07, 6.45) is 19.0. The maximum atomic E-state index is 9.43. The highest BCUT2D eigenvalue weighted by Crippen LogP contribution is 2.40. The summed E-state index contributed by atoms with van der Waals surface area (Å²) >= 11 is 0. The lowest BCUT2D eigenvalue weighted by Gasteiger charge is -2.36. The van der Waals surface area contributed by atoms with Crippen LogP contribution in [0.2, 0.25) is 0 Å². The van der Waals surface area contributed by atoms with Gasteiger partial charge in [-0.1, -0.05) is 77.6 Å². The molecule has 2 N–H and O–H groups in total. The third-order valence-electron chi connectivity index (χ3n) is 5.73.